The van der Waals surface area contributed by atoms with E-state index in [-0.39, 0.29) is 18.1 Å². The lowest BCUT2D eigenvalue weighted by molar-refractivity contribution is -0.132. The van der Waals surface area contributed by atoms with Crippen molar-refractivity contribution in [2.45, 2.75) is 25.8 Å². The fraction of sp³-hybridized carbons (Fsp3) is 0.600. The number of likely N-dealkylation sites (tertiary alicyclic amines) is 1. The third kappa shape index (κ3) is 2.80. The number of carbonyl (C=O) groups is 2. The highest BCUT2D eigenvalue weighted by Crippen LogP contribution is 2.09. The molecule has 1 aromatic rings. The van der Waals surface area contributed by atoms with Crippen LogP contribution in [0.3, 0.4) is 0 Å². The second-order valence-electron chi connectivity index (χ2n) is 4.05. The molecule has 0 atom stereocenters. The Kier molecular flexibility index (Phi) is 3.36. The summed E-state index contributed by atoms with van der Waals surface area (Å²) in [5.41, 5.74) is -0.142. The molecule has 2 rings (SSSR count). The fourth-order valence-electron chi connectivity index (χ4n) is 1.86. The van der Waals surface area contributed by atoms with Crippen LogP contribution >= 0.6 is 0 Å². The molecule has 0 aromatic carbocycles. The maximum absolute atomic E-state index is 11.8. The Balaban J connectivity index is 1.94. The molecule has 0 saturated carbocycles. The number of carbonyl (C=O) groups excluding carboxylic acids is 1. The molecule has 7 heteroatoms. The van der Waals surface area contributed by atoms with E-state index < -0.39 is 5.97 Å². The summed E-state index contributed by atoms with van der Waals surface area (Å²) < 4.78 is 1.26. The van der Waals surface area contributed by atoms with E-state index >= 15 is 0 Å². The highest BCUT2D eigenvalue weighted by Gasteiger charge is 2.18. The Morgan fingerprint density at radius 1 is 1.29 bits per heavy atom. The van der Waals surface area contributed by atoms with E-state index in [2.05, 4.69) is 10.3 Å². The first-order valence-electron chi connectivity index (χ1n) is 5.58. The number of hydrogen-bond acceptors (Lipinski definition) is 4. The van der Waals surface area contributed by atoms with Gasteiger partial charge in [0.05, 0.1) is 6.20 Å². The van der Waals surface area contributed by atoms with Crippen molar-refractivity contribution in [2.24, 2.45) is 0 Å². The Morgan fingerprint density at radius 2 is 2.00 bits per heavy atom. The minimum absolute atomic E-state index is 0.0356. The van der Waals surface area contributed by atoms with Crippen molar-refractivity contribution >= 4 is 11.9 Å². The van der Waals surface area contributed by atoms with E-state index in [9.17, 15) is 9.59 Å². The molecule has 0 unspecified atom stereocenters. The van der Waals surface area contributed by atoms with Crippen molar-refractivity contribution in [2.75, 3.05) is 13.1 Å². The standard InChI is InChI=1S/C10H14N4O3/c15-9(13-4-2-1-3-5-13)7-14-6-8(10(16)17)11-12-14/h6H,1-5,7H2,(H,16,17). The highest BCUT2D eigenvalue weighted by molar-refractivity contribution is 5.84. The van der Waals surface area contributed by atoms with Gasteiger partial charge in [-0.15, -0.1) is 5.10 Å². The molecule has 1 aliphatic heterocycles. The number of rotatable bonds is 3. The summed E-state index contributed by atoms with van der Waals surface area (Å²) in [7, 11) is 0. The van der Waals surface area contributed by atoms with Crippen molar-refractivity contribution in [3.63, 3.8) is 0 Å². The van der Waals surface area contributed by atoms with Gasteiger partial charge in [0.15, 0.2) is 5.69 Å². The number of carboxylic acids is 1. The van der Waals surface area contributed by atoms with Crippen molar-refractivity contribution in [3.8, 4) is 0 Å². The minimum atomic E-state index is -1.14. The largest absolute Gasteiger partial charge is 0.476 e. The zero-order valence-electron chi connectivity index (χ0n) is 9.37. The molecule has 92 valence electrons. The maximum atomic E-state index is 11.8. The first kappa shape index (κ1) is 11.6. The average Bonchev–Trinajstić information content (AvgIpc) is 2.79. The summed E-state index contributed by atoms with van der Waals surface area (Å²) in [6.07, 6.45) is 4.49. The molecule has 0 spiro atoms. The summed E-state index contributed by atoms with van der Waals surface area (Å²) in [5.74, 6) is -1.17. The third-order valence-corrected chi connectivity index (χ3v) is 2.76. The van der Waals surface area contributed by atoms with Gasteiger partial charge in [0.25, 0.3) is 0 Å². The summed E-state index contributed by atoms with van der Waals surface area (Å²) in [4.78, 5) is 24.2. The van der Waals surface area contributed by atoms with Crippen LogP contribution in [-0.4, -0.2) is 50.0 Å². The van der Waals surface area contributed by atoms with E-state index in [1.165, 1.54) is 10.9 Å². The number of nitrogens with zero attached hydrogens (tertiary/aromatic N) is 4. The number of aromatic nitrogens is 3. The van der Waals surface area contributed by atoms with Gasteiger partial charge in [0.2, 0.25) is 5.91 Å². The van der Waals surface area contributed by atoms with Gasteiger partial charge in [-0.1, -0.05) is 5.21 Å². The smallest absolute Gasteiger partial charge is 0.358 e. The van der Waals surface area contributed by atoms with Gasteiger partial charge in [-0.25, -0.2) is 9.48 Å². The molecular formula is C10H14N4O3. The number of amides is 1. The van der Waals surface area contributed by atoms with Crippen LogP contribution in [0.1, 0.15) is 29.8 Å². The normalized spacial score (nSPS) is 15.9. The molecule has 1 aliphatic rings. The van der Waals surface area contributed by atoms with Crippen LogP contribution in [0.5, 0.6) is 0 Å². The molecule has 0 aliphatic carbocycles. The zero-order valence-corrected chi connectivity index (χ0v) is 9.37. The molecule has 1 saturated heterocycles. The van der Waals surface area contributed by atoms with Gasteiger partial charge < -0.3 is 10.0 Å². The fourth-order valence-corrected chi connectivity index (χ4v) is 1.86. The molecule has 0 bridgehead atoms. The predicted octanol–water partition coefficient (Wildman–Crippen LogP) is -0.0112. The van der Waals surface area contributed by atoms with Gasteiger partial charge in [-0.2, -0.15) is 0 Å². The number of hydrogen-bond donors (Lipinski definition) is 1. The van der Waals surface area contributed by atoms with Gasteiger partial charge in [-0.3, -0.25) is 4.79 Å². The number of carboxylic acid groups (broad SMARTS) is 1. The molecule has 1 fully saturated rings. The molecule has 1 amide bonds. The third-order valence-electron chi connectivity index (χ3n) is 2.76. The molecule has 1 N–H and O–H groups in total. The molecule has 1 aromatic heterocycles. The Labute approximate surface area is 98.0 Å². The van der Waals surface area contributed by atoms with Crippen molar-refractivity contribution < 1.29 is 14.7 Å². The van der Waals surface area contributed by atoms with E-state index in [4.69, 9.17) is 5.11 Å². The zero-order chi connectivity index (χ0) is 12.3. The maximum Gasteiger partial charge on any atom is 0.358 e. The predicted molar refractivity (Wildman–Crippen MR) is 57.4 cm³/mol. The molecule has 0 radical (unpaired) electrons. The second-order valence-corrected chi connectivity index (χ2v) is 4.05. The molecular weight excluding hydrogens is 224 g/mol. The van der Waals surface area contributed by atoms with E-state index in [0.717, 1.165) is 32.4 Å². The Bertz CT molecular complexity index is 423. The van der Waals surface area contributed by atoms with Gasteiger partial charge in [-0.05, 0) is 19.3 Å². The SMILES string of the molecule is O=C(O)c1cn(CC(=O)N2CCCCC2)nn1. The van der Waals surface area contributed by atoms with Crippen LogP contribution in [0.25, 0.3) is 0 Å². The van der Waals surface area contributed by atoms with Crippen LogP contribution < -0.4 is 0 Å². The van der Waals surface area contributed by atoms with Gasteiger partial charge >= 0.3 is 5.97 Å². The van der Waals surface area contributed by atoms with Crippen molar-refractivity contribution in [1.29, 1.82) is 0 Å². The van der Waals surface area contributed by atoms with Crippen LogP contribution in [0.4, 0.5) is 0 Å². The molecule has 17 heavy (non-hydrogen) atoms. The van der Waals surface area contributed by atoms with Crippen molar-refractivity contribution in [1.82, 2.24) is 19.9 Å². The average molecular weight is 238 g/mol. The van der Waals surface area contributed by atoms with Crippen LogP contribution in [0.2, 0.25) is 0 Å². The van der Waals surface area contributed by atoms with Gasteiger partial charge in [0.1, 0.15) is 6.54 Å². The lowest BCUT2D eigenvalue weighted by Crippen LogP contribution is -2.37. The number of aromatic carboxylic acids is 1. The monoisotopic (exact) mass is 238 g/mol. The quantitative estimate of drug-likeness (QED) is 0.800. The lowest BCUT2D eigenvalue weighted by Gasteiger charge is -2.26. The molecule has 7 nitrogen and oxygen atoms in total. The van der Waals surface area contributed by atoms with E-state index in [1.807, 2.05) is 0 Å². The minimum Gasteiger partial charge on any atom is -0.476 e. The topological polar surface area (TPSA) is 88.3 Å². The highest BCUT2D eigenvalue weighted by atomic mass is 16.4. The first-order chi connectivity index (χ1) is 8.16. The summed E-state index contributed by atoms with van der Waals surface area (Å²) >= 11 is 0. The Hall–Kier alpha value is -1.92. The summed E-state index contributed by atoms with van der Waals surface area (Å²) in [5, 5.41) is 15.7. The van der Waals surface area contributed by atoms with Crippen molar-refractivity contribution in [3.05, 3.63) is 11.9 Å². The number of piperidine rings is 1. The lowest BCUT2D eigenvalue weighted by atomic mass is 10.1. The van der Waals surface area contributed by atoms with E-state index in [1.54, 1.807) is 4.90 Å². The molecule has 2 heterocycles. The summed E-state index contributed by atoms with van der Waals surface area (Å²) in [6.45, 7) is 1.61. The van der Waals surface area contributed by atoms with Crippen LogP contribution in [0.15, 0.2) is 6.20 Å². The first-order valence-corrected chi connectivity index (χ1v) is 5.58. The van der Waals surface area contributed by atoms with Gasteiger partial charge in [0, 0.05) is 13.1 Å². The Morgan fingerprint density at radius 3 is 2.59 bits per heavy atom. The van der Waals surface area contributed by atoms with E-state index in [0.29, 0.717) is 0 Å². The van der Waals surface area contributed by atoms with Crippen LogP contribution in [0, 0.1) is 0 Å². The second kappa shape index (κ2) is 4.94. The van der Waals surface area contributed by atoms with Crippen LogP contribution in [-0.2, 0) is 11.3 Å². The summed E-state index contributed by atoms with van der Waals surface area (Å²) in [6, 6.07) is 0.